The molecule has 1 atom stereocenters. The molecule has 0 saturated heterocycles. The molecule has 0 aliphatic carbocycles. The third-order valence-corrected chi connectivity index (χ3v) is 6.13. The quantitative estimate of drug-likeness (QED) is 0.308. The average molecular weight is 417 g/mol. The number of thiazole rings is 1. The Hall–Kier alpha value is -3.18. The number of benzene rings is 2. The number of ether oxygens (including phenoxy) is 1. The first-order chi connectivity index (χ1) is 14.7. The summed E-state index contributed by atoms with van der Waals surface area (Å²) in [6.45, 7) is 4.95. The summed E-state index contributed by atoms with van der Waals surface area (Å²) in [5, 5.41) is 2.82. The first kappa shape index (κ1) is 20.1. The highest BCUT2D eigenvalue weighted by molar-refractivity contribution is 7.12. The van der Waals surface area contributed by atoms with E-state index < -0.39 is 0 Å². The average Bonchev–Trinajstić information content (AvgIpc) is 3.47. The smallest absolute Gasteiger partial charge is 0.194 e. The van der Waals surface area contributed by atoms with E-state index in [1.807, 2.05) is 46.5 Å². The molecule has 0 N–H and O–H groups in total. The predicted octanol–water partition coefficient (Wildman–Crippen LogP) is 6.51. The number of rotatable bonds is 8. The lowest BCUT2D eigenvalue weighted by Crippen LogP contribution is -2.01. The molecule has 2 aromatic heterocycles. The largest absolute Gasteiger partial charge is 0.489 e. The van der Waals surface area contributed by atoms with Crippen LogP contribution in [0.4, 0.5) is 0 Å². The van der Waals surface area contributed by atoms with Gasteiger partial charge in [0.15, 0.2) is 11.4 Å². The van der Waals surface area contributed by atoms with E-state index in [1.54, 1.807) is 6.07 Å². The molecule has 0 spiro atoms. The molecule has 4 rings (SSSR count). The molecule has 2 aromatic carbocycles. The van der Waals surface area contributed by atoms with Crippen LogP contribution in [0.25, 0.3) is 16.4 Å². The van der Waals surface area contributed by atoms with E-state index in [4.69, 9.17) is 9.72 Å². The van der Waals surface area contributed by atoms with E-state index in [2.05, 4.69) is 38.1 Å². The Bertz CT molecular complexity index is 1130. The van der Waals surface area contributed by atoms with Crippen molar-refractivity contribution < 1.29 is 9.53 Å². The molecule has 4 nitrogen and oxygen atoms in total. The van der Waals surface area contributed by atoms with Gasteiger partial charge < -0.3 is 4.74 Å². The van der Waals surface area contributed by atoms with Gasteiger partial charge in [-0.15, -0.1) is 11.3 Å². The number of nitrogens with zero attached hydrogens (tertiary/aromatic N) is 2. The van der Waals surface area contributed by atoms with Crippen LogP contribution in [-0.2, 0) is 6.61 Å². The van der Waals surface area contributed by atoms with Gasteiger partial charge in [-0.3, -0.25) is 9.36 Å². The molecule has 1 unspecified atom stereocenters. The van der Waals surface area contributed by atoms with E-state index in [0.29, 0.717) is 18.2 Å². The van der Waals surface area contributed by atoms with Gasteiger partial charge in [0.05, 0.1) is 11.4 Å². The first-order valence-corrected chi connectivity index (χ1v) is 11.0. The van der Waals surface area contributed by atoms with Gasteiger partial charge in [-0.2, -0.15) is 0 Å². The summed E-state index contributed by atoms with van der Waals surface area (Å²) in [4.78, 5) is 16.0. The Kier molecular flexibility index (Phi) is 6.10. The van der Waals surface area contributed by atoms with Crippen LogP contribution in [0.2, 0.25) is 0 Å². The Labute approximate surface area is 180 Å². The second-order valence-electron chi connectivity index (χ2n) is 7.27. The summed E-state index contributed by atoms with van der Waals surface area (Å²) in [5.41, 5.74) is 4.90. The number of hydrogen-bond acceptors (Lipinski definition) is 4. The van der Waals surface area contributed by atoms with Crippen LogP contribution in [0.3, 0.4) is 0 Å². The fourth-order valence-corrected chi connectivity index (χ4v) is 4.19. The van der Waals surface area contributed by atoms with Crippen molar-refractivity contribution in [3.05, 3.63) is 89.1 Å². The van der Waals surface area contributed by atoms with Crippen molar-refractivity contribution in [1.82, 2.24) is 9.55 Å². The zero-order chi connectivity index (χ0) is 20.9. The Morgan fingerprint density at radius 3 is 2.73 bits per heavy atom. The molecule has 0 bridgehead atoms. The maximum Gasteiger partial charge on any atom is 0.194 e. The van der Waals surface area contributed by atoms with Gasteiger partial charge in [-0.1, -0.05) is 44.2 Å². The molecule has 0 amide bonds. The maximum atomic E-state index is 11.2. The standard InChI is InChI=1S/C25H24N2O2S/c1-3-18(2)22-14-20(11-12-24(22)29-16-19-8-5-4-6-9-19)23-17-30-25(26-23)27-13-7-10-21(27)15-28/h4-15,17-18H,3,16H2,1-2H3. The zero-order valence-corrected chi connectivity index (χ0v) is 17.9. The summed E-state index contributed by atoms with van der Waals surface area (Å²) in [6, 6.07) is 20.1. The third-order valence-electron chi connectivity index (χ3n) is 5.29. The molecule has 0 aliphatic rings. The van der Waals surface area contributed by atoms with Gasteiger partial charge >= 0.3 is 0 Å². The number of carbonyl (C=O) groups excluding carboxylic acids is 1. The van der Waals surface area contributed by atoms with Crippen LogP contribution in [0.1, 0.15) is 47.8 Å². The van der Waals surface area contributed by atoms with Gasteiger partial charge in [0.1, 0.15) is 12.4 Å². The van der Waals surface area contributed by atoms with Gasteiger partial charge in [0.25, 0.3) is 0 Å². The van der Waals surface area contributed by atoms with Crippen molar-refractivity contribution in [2.75, 3.05) is 0 Å². The Morgan fingerprint density at radius 1 is 1.13 bits per heavy atom. The highest BCUT2D eigenvalue weighted by Gasteiger charge is 2.15. The SMILES string of the molecule is CCC(C)c1cc(-c2csc(-n3cccc3C=O)n2)ccc1OCc1ccccc1. The molecule has 0 aliphatic heterocycles. The van der Waals surface area contributed by atoms with Crippen LogP contribution >= 0.6 is 11.3 Å². The third kappa shape index (κ3) is 4.21. The Balaban J connectivity index is 1.62. The number of aldehydes is 1. The minimum Gasteiger partial charge on any atom is -0.489 e. The van der Waals surface area contributed by atoms with Crippen molar-refractivity contribution in [2.45, 2.75) is 32.8 Å². The van der Waals surface area contributed by atoms with Crippen molar-refractivity contribution in [3.8, 4) is 22.1 Å². The number of hydrogen-bond donors (Lipinski definition) is 0. The van der Waals surface area contributed by atoms with Crippen LogP contribution in [0, 0.1) is 0 Å². The molecular weight excluding hydrogens is 392 g/mol. The summed E-state index contributed by atoms with van der Waals surface area (Å²) >= 11 is 1.53. The molecule has 4 aromatic rings. The minimum atomic E-state index is 0.375. The van der Waals surface area contributed by atoms with Crippen LogP contribution < -0.4 is 4.74 Å². The predicted molar refractivity (Wildman–Crippen MR) is 122 cm³/mol. The lowest BCUT2D eigenvalue weighted by molar-refractivity contribution is 0.111. The highest BCUT2D eigenvalue weighted by atomic mass is 32.1. The highest BCUT2D eigenvalue weighted by Crippen LogP contribution is 2.34. The summed E-state index contributed by atoms with van der Waals surface area (Å²) in [7, 11) is 0. The summed E-state index contributed by atoms with van der Waals surface area (Å²) in [6.07, 6.45) is 3.73. The fourth-order valence-electron chi connectivity index (χ4n) is 3.35. The number of carbonyl (C=O) groups is 1. The lowest BCUT2D eigenvalue weighted by atomic mass is 9.95. The van der Waals surface area contributed by atoms with E-state index in [-0.39, 0.29) is 0 Å². The lowest BCUT2D eigenvalue weighted by Gasteiger charge is -2.17. The summed E-state index contributed by atoms with van der Waals surface area (Å²) < 4.78 is 7.98. The van der Waals surface area contributed by atoms with Crippen LogP contribution in [0.15, 0.2) is 72.2 Å². The second kappa shape index (κ2) is 9.09. The van der Waals surface area contributed by atoms with E-state index in [0.717, 1.165) is 40.4 Å². The summed E-state index contributed by atoms with van der Waals surface area (Å²) in [5.74, 6) is 1.29. The number of aromatic nitrogens is 2. The molecule has 2 heterocycles. The molecule has 0 saturated carbocycles. The second-order valence-corrected chi connectivity index (χ2v) is 8.11. The van der Waals surface area contributed by atoms with E-state index in [1.165, 1.54) is 16.9 Å². The molecular formula is C25H24N2O2S. The molecule has 0 radical (unpaired) electrons. The maximum absolute atomic E-state index is 11.2. The van der Waals surface area contributed by atoms with Crippen LogP contribution in [0.5, 0.6) is 5.75 Å². The Morgan fingerprint density at radius 2 is 1.97 bits per heavy atom. The molecule has 30 heavy (non-hydrogen) atoms. The van der Waals surface area contributed by atoms with Crippen molar-refractivity contribution in [2.24, 2.45) is 0 Å². The van der Waals surface area contributed by atoms with Gasteiger partial charge in [-0.25, -0.2) is 4.98 Å². The van der Waals surface area contributed by atoms with Crippen LogP contribution in [-0.4, -0.2) is 15.8 Å². The fraction of sp³-hybridized carbons (Fsp3) is 0.200. The van der Waals surface area contributed by atoms with Gasteiger partial charge in [0.2, 0.25) is 0 Å². The molecule has 0 fully saturated rings. The van der Waals surface area contributed by atoms with Crippen molar-refractivity contribution in [1.29, 1.82) is 0 Å². The van der Waals surface area contributed by atoms with Gasteiger partial charge in [-0.05, 0) is 53.8 Å². The topological polar surface area (TPSA) is 44.1 Å². The molecule has 5 heteroatoms. The normalized spacial score (nSPS) is 11.9. The first-order valence-electron chi connectivity index (χ1n) is 10.1. The zero-order valence-electron chi connectivity index (χ0n) is 17.1. The van der Waals surface area contributed by atoms with E-state index >= 15 is 0 Å². The molecule has 152 valence electrons. The van der Waals surface area contributed by atoms with E-state index in [9.17, 15) is 4.79 Å². The van der Waals surface area contributed by atoms with Crippen molar-refractivity contribution >= 4 is 17.6 Å². The van der Waals surface area contributed by atoms with Gasteiger partial charge in [0, 0.05) is 17.1 Å². The monoisotopic (exact) mass is 416 g/mol. The minimum absolute atomic E-state index is 0.375. The van der Waals surface area contributed by atoms with Crippen molar-refractivity contribution in [3.63, 3.8) is 0 Å².